The predicted octanol–water partition coefficient (Wildman–Crippen LogP) is 8.18. The second kappa shape index (κ2) is 11.2. The summed E-state index contributed by atoms with van der Waals surface area (Å²) in [4.78, 5) is 12.8. The Morgan fingerprint density at radius 1 is 0.657 bits per heavy atom. The van der Waals surface area contributed by atoms with Crippen molar-refractivity contribution in [2.24, 2.45) is 11.8 Å². The molecule has 3 heteroatoms. The number of carbonyl (C=O) groups is 1. The average Bonchev–Trinajstić information content (AvgIpc) is 2.88. The standard InChI is InChI=1S/C32H34O3/c1-22(2)30(21-31(23(3)4)35-32(33)25-15-9-6-10-16-25)34-29-20-19-26(24-13-7-5-8-14-24)27-17-11-12-18-28(27)29/h5-20,22-23,30-31H,21H2,1-4H3/t30-,31+/m1/s1. The molecule has 180 valence electrons. The maximum absolute atomic E-state index is 12.8. The van der Waals surface area contributed by atoms with Crippen molar-refractivity contribution in [3.63, 3.8) is 0 Å². The first kappa shape index (κ1) is 24.5. The van der Waals surface area contributed by atoms with Gasteiger partial charge in [0.05, 0.1) is 5.56 Å². The van der Waals surface area contributed by atoms with E-state index in [-0.39, 0.29) is 30.0 Å². The number of rotatable bonds is 9. The lowest BCUT2D eigenvalue weighted by Gasteiger charge is -2.29. The lowest BCUT2D eigenvalue weighted by atomic mass is 9.94. The predicted molar refractivity (Wildman–Crippen MR) is 144 cm³/mol. The van der Waals surface area contributed by atoms with Gasteiger partial charge in [-0.3, -0.25) is 0 Å². The minimum absolute atomic E-state index is 0.100. The van der Waals surface area contributed by atoms with Gasteiger partial charge < -0.3 is 9.47 Å². The highest BCUT2D eigenvalue weighted by Crippen LogP contribution is 2.36. The molecule has 4 aromatic rings. The van der Waals surface area contributed by atoms with Crippen LogP contribution in [0.4, 0.5) is 0 Å². The van der Waals surface area contributed by atoms with Gasteiger partial charge in [0.15, 0.2) is 0 Å². The Bertz CT molecular complexity index is 1250. The van der Waals surface area contributed by atoms with Gasteiger partial charge in [-0.2, -0.15) is 0 Å². The van der Waals surface area contributed by atoms with Gasteiger partial charge in [0.2, 0.25) is 0 Å². The van der Waals surface area contributed by atoms with E-state index in [0.29, 0.717) is 12.0 Å². The molecular formula is C32H34O3. The summed E-state index contributed by atoms with van der Waals surface area (Å²) in [5, 5.41) is 2.25. The van der Waals surface area contributed by atoms with Crippen LogP contribution in [-0.4, -0.2) is 18.2 Å². The van der Waals surface area contributed by atoms with Crippen LogP contribution in [0.2, 0.25) is 0 Å². The topological polar surface area (TPSA) is 35.5 Å². The summed E-state index contributed by atoms with van der Waals surface area (Å²) >= 11 is 0. The van der Waals surface area contributed by atoms with E-state index in [1.54, 1.807) is 12.1 Å². The maximum Gasteiger partial charge on any atom is 0.338 e. The summed E-state index contributed by atoms with van der Waals surface area (Å²) in [6.07, 6.45) is 0.282. The molecule has 0 aliphatic carbocycles. The van der Waals surface area contributed by atoms with Crippen molar-refractivity contribution in [1.82, 2.24) is 0 Å². The van der Waals surface area contributed by atoms with E-state index < -0.39 is 0 Å². The van der Waals surface area contributed by atoms with Crippen LogP contribution in [0.25, 0.3) is 21.9 Å². The van der Waals surface area contributed by atoms with Crippen molar-refractivity contribution in [3.8, 4) is 16.9 Å². The second-order valence-corrected chi connectivity index (χ2v) is 9.71. The molecule has 0 saturated heterocycles. The fourth-order valence-corrected chi connectivity index (χ4v) is 4.33. The fourth-order valence-electron chi connectivity index (χ4n) is 4.33. The van der Waals surface area contributed by atoms with Gasteiger partial charge >= 0.3 is 5.97 Å². The molecule has 4 rings (SSSR count). The number of fused-ring (bicyclic) bond motifs is 1. The Morgan fingerprint density at radius 3 is 1.86 bits per heavy atom. The SMILES string of the molecule is CC(C)[C@H](C[C@@H](Oc1ccc(-c2ccccc2)c2ccccc12)C(C)C)OC(=O)c1ccccc1. The number of ether oxygens (including phenoxy) is 2. The molecule has 2 atom stereocenters. The Morgan fingerprint density at radius 2 is 1.23 bits per heavy atom. The average molecular weight is 467 g/mol. The lowest BCUT2D eigenvalue weighted by Crippen LogP contribution is -2.34. The van der Waals surface area contributed by atoms with Gasteiger partial charge in [-0.1, -0.05) is 107 Å². The van der Waals surface area contributed by atoms with Gasteiger partial charge in [-0.25, -0.2) is 4.79 Å². The van der Waals surface area contributed by atoms with Crippen molar-refractivity contribution in [1.29, 1.82) is 0 Å². The summed E-state index contributed by atoms with van der Waals surface area (Å²) < 4.78 is 12.6. The van der Waals surface area contributed by atoms with Crippen molar-refractivity contribution in [3.05, 3.63) is 103 Å². The summed E-state index contributed by atoms with van der Waals surface area (Å²) in [6, 6.07) is 32.2. The molecule has 0 aliphatic heterocycles. The Hall–Kier alpha value is -3.59. The third-order valence-electron chi connectivity index (χ3n) is 6.47. The molecule has 0 spiro atoms. The van der Waals surface area contributed by atoms with Gasteiger partial charge in [0, 0.05) is 11.8 Å². The Kier molecular flexibility index (Phi) is 7.87. The first-order chi connectivity index (χ1) is 16.9. The monoisotopic (exact) mass is 466 g/mol. The van der Waals surface area contributed by atoms with Crippen molar-refractivity contribution >= 4 is 16.7 Å². The van der Waals surface area contributed by atoms with E-state index in [1.807, 2.05) is 30.3 Å². The maximum atomic E-state index is 12.8. The molecule has 0 radical (unpaired) electrons. The Labute approximate surface area is 208 Å². The largest absolute Gasteiger partial charge is 0.489 e. The molecule has 0 amide bonds. The van der Waals surface area contributed by atoms with E-state index in [1.165, 1.54) is 11.1 Å². The second-order valence-electron chi connectivity index (χ2n) is 9.71. The van der Waals surface area contributed by atoms with E-state index in [2.05, 4.69) is 82.3 Å². The fraction of sp³-hybridized carbons (Fsp3) is 0.281. The highest BCUT2D eigenvalue weighted by atomic mass is 16.5. The number of esters is 1. The molecule has 4 aromatic carbocycles. The summed E-state index contributed by atoms with van der Waals surface area (Å²) in [7, 11) is 0. The molecule has 0 saturated carbocycles. The van der Waals surface area contributed by atoms with Gasteiger partial charge in [0.1, 0.15) is 18.0 Å². The van der Waals surface area contributed by atoms with Crippen LogP contribution in [0.15, 0.2) is 97.1 Å². The summed E-state index contributed by atoms with van der Waals surface area (Å²) in [6.45, 7) is 8.48. The summed E-state index contributed by atoms with van der Waals surface area (Å²) in [5.74, 6) is 0.990. The normalized spacial score (nSPS) is 13.1. The van der Waals surface area contributed by atoms with Gasteiger partial charge in [-0.05, 0) is 46.5 Å². The van der Waals surface area contributed by atoms with E-state index in [9.17, 15) is 4.79 Å². The highest BCUT2D eigenvalue weighted by Gasteiger charge is 2.27. The Balaban J connectivity index is 1.59. The first-order valence-electron chi connectivity index (χ1n) is 12.4. The zero-order chi connectivity index (χ0) is 24.8. The number of benzene rings is 4. The van der Waals surface area contributed by atoms with E-state index in [0.717, 1.165) is 16.5 Å². The molecule has 0 fully saturated rings. The van der Waals surface area contributed by atoms with Crippen molar-refractivity contribution in [2.75, 3.05) is 0 Å². The smallest absolute Gasteiger partial charge is 0.338 e. The van der Waals surface area contributed by atoms with E-state index in [4.69, 9.17) is 9.47 Å². The minimum atomic E-state index is -0.288. The molecule has 0 bridgehead atoms. The summed E-state index contributed by atoms with van der Waals surface area (Å²) in [5.41, 5.74) is 2.94. The number of hydrogen-bond acceptors (Lipinski definition) is 3. The molecule has 0 unspecified atom stereocenters. The van der Waals surface area contributed by atoms with Crippen LogP contribution in [0.5, 0.6) is 5.75 Å². The van der Waals surface area contributed by atoms with Crippen molar-refractivity contribution < 1.29 is 14.3 Å². The van der Waals surface area contributed by atoms with Crippen molar-refractivity contribution in [2.45, 2.75) is 46.3 Å². The molecule has 0 N–H and O–H groups in total. The number of carbonyl (C=O) groups excluding carboxylic acids is 1. The van der Waals surface area contributed by atoms with Gasteiger partial charge in [0.25, 0.3) is 0 Å². The molecule has 3 nitrogen and oxygen atoms in total. The molecule has 0 aromatic heterocycles. The van der Waals surface area contributed by atoms with Gasteiger partial charge in [-0.15, -0.1) is 0 Å². The van der Waals surface area contributed by atoms with Crippen LogP contribution in [-0.2, 0) is 4.74 Å². The van der Waals surface area contributed by atoms with Crippen LogP contribution < -0.4 is 4.74 Å². The quantitative estimate of drug-likeness (QED) is 0.233. The van der Waals surface area contributed by atoms with Crippen LogP contribution in [0, 0.1) is 11.8 Å². The number of hydrogen-bond donors (Lipinski definition) is 0. The lowest BCUT2D eigenvalue weighted by molar-refractivity contribution is -0.00228. The zero-order valence-electron chi connectivity index (χ0n) is 21.0. The van der Waals surface area contributed by atoms with Crippen LogP contribution in [0.1, 0.15) is 44.5 Å². The molecule has 0 heterocycles. The van der Waals surface area contributed by atoms with E-state index >= 15 is 0 Å². The third-order valence-corrected chi connectivity index (χ3v) is 6.47. The highest BCUT2D eigenvalue weighted by molar-refractivity contribution is 6.00. The minimum Gasteiger partial charge on any atom is -0.489 e. The third kappa shape index (κ3) is 5.92. The van der Waals surface area contributed by atoms with Crippen LogP contribution in [0.3, 0.4) is 0 Å². The first-order valence-corrected chi connectivity index (χ1v) is 12.4. The molecular weight excluding hydrogens is 432 g/mol. The van der Waals surface area contributed by atoms with Crippen LogP contribution >= 0.6 is 0 Å². The molecule has 35 heavy (non-hydrogen) atoms. The molecule has 0 aliphatic rings. The zero-order valence-corrected chi connectivity index (χ0v) is 21.0.